The van der Waals surface area contributed by atoms with Crippen LogP contribution in [0.5, 0.6) is 0 Å². The first-order valence-corrected chi connectivity index (χ1v) is 8.42. The van der Waals surface area contributed by atoms with Crippen molar-refractivity contribution in [3.05, 3.63) is 57.8 Å². The van der Waals surface area contributed by atoms with Crippen LogP contribution >= 0.6 is 0 Å². The highest BCUT2D eigenvalue weighted by Gasteiger charge is 2.20. The minimum absolute atomic E-state index is 0.0602. The second-order valence-corrected chi connectivity index (χ2v) is 6.12. The van der Waals surface area contributed by atoms with Crippen LogP contribution in [0.25, 0.3) is 0 Å². The predicted octanol–water partition coefficient (Wildman–Crippen LogP) is 3.14. The fourth-order valence-corrected chi connectivity index (χ4v) is 2.80. The van der Waals surface area contributed by atoms with Crippen LogP contribution in [0.3, 0.4) is 0 Å². The molecule has 1 atom stereocenters. The summed E-state index contributed by atoms with van der Waals surface area (Å²) in [7, 11) is 0. The van der Waals surface area contributed by atoms with Crippen molar-refractivity contribution in [2.24, 2.45) is 0 Å². The van der Waals surface area contributed by atoms with E-state index in [1.54, 1.807) is 24.3 Å². The van der Waals surface area contributed by atoms with Crippen LogP contribution in [0.15, 0.2) is 36.4 Å². The number of aromatic nitrogens is 1. The molecule has 0 radical (unpaired) electrons. The number of nitrogens with zero attached hydrogens (tertiary/aromatic N) is 2. The number of carbonyl (C=O) groups is 1. The van der Waals surface area contributed by atoms with E-state index in [0.717, 1.165) is 25.1 Å². The van der Waals surface area contributed by atoms with Crippen LogP contribution in [0.4, 0.5) is 17.2 Å². The van der Waals surface area contributed by atoms with E-state index in [-0.39, 0.29) is 17.4 Å². The van der Waals surface area contributed by atoms with Crippen LogP contribution in [0.2, 0.25) is 0 Å². The largest absolute Gasteiger partial charge is 0.377 e. The zero-order valence-corrected chi connectivity index (χ0v) is 14.4. The smallest absolute Gasteiger partial charge is 0.293 e. The summed E-state index contributed by atoms with van der Waals surface area (Å²) in [5.74, 6) is -0.0462. The standard InChI is InChI=1S/C18H20N4O4/c1-12-4-2-6-17(20-12)21-18(23)13-7-8-15(16(10-13)22(24)25)19-11-14-5-3-9-26-14/h2,4,6-8,10,14,19H,3,5,9,11H2,1H3,(H,20,21,23)/t14-/m1/s1. The van der Waals surface area contributed by atoms with E-state index in [9.17, 15) is 14.9 Å². The highest BCUT2D eigenvalue weighted by Crippen LogP contribution is 2.26. The molecule has 1 fully saturated rings. The number of hydrogen-bond acceptors (Lipinski definition) is 6. The number of carbonyl (C=O) groups excluding carboxylic acids is 1. The fourth-order valence-electron chi connectivity index (χ4n) is 2.80. The van der Waals surface area contributed by atoms with Gasteiger partial charge in [0.05, 0.1) is 11.0 Å². The van der Waals surface area contributed by atoms with Gasteiger partial charge in [0.25, 0.3) is 11.6 Å². The number of benzene rings is 1. The van der Waals surface area contributed by atoms with E-state index < -0.39 is 10.8 Å². The molecule has 2 N–H and O–H groups in total. The normalized spacial score (nSPS) is 16.3. The van der Waals surface area contributed by atoms with E-state index >= 15 is 0 Å². The molecule has 0 spiro atoms. The lowest BCUT2D eigenvalue weighted by Gasteiger charge is -2.12. The maximum atomic E-state index is 12.4. The number of amides is 1. The molecular weight excluding hydrogens is 336 g/mol. The number of anilines is 2. The topological polar surface area (TPSA) is 106 Å². The van der Waals surface area contributed by atoms with Gasteiger partial charge in [-0.25, -0.2) is 4.98 Å². The molecule has 1 aromatic heterocycles. The first-order chi connectivity index (χ1) is 12.5. The molecule has 2 heterocycles. The van der Waals surface area contributed by atoms with Gasteiger partial charge in [-0.15, -0.1) is 0 Å². The second-order valence-electron chi connectivity index (χ2n) is 6.12. The van der Waals surface area contributed by atoms with Crippen LogP contribution in [0.1, 0.15) is 28.9 Å². The van der Waals surface area contributed by atoms with Gasteiger partial charge < -0.3 is 15.4 Å². The summed E-state index contributed by atoms with van der Waals surface area (Å²) >= 11 is 0. The van der Waals surface area contributed by atoms with Crippen molar-refractivity contribution >= 4 is 23.1 Å². The molecule has 1 aliphatic heterocycles. The number of ether oxygens (including phenoxy) is 1. The predicted molar refractivity (Wildman–Crippen MR) is 97.5 cm³/mol. The lowest BCUT2D eigenvalue weighted by molar-refractivity contribution is -0.384. The molecular formula is C18H20N4O4. The summed E-state index contributed by atoms with van der Waals surface area (Å²) in [5.41, 5.74) is 1.19. The molecule has 8 nitrogen and oxygen atoms in total. The average molecular weight is 356 g/mol. The van der Waals surface area contributed by atoms with Crippen LogP contribution in [0, 0.1) is 17.0 Å². The molecule has 1 aliphatic rings. The Balaban J connectivity index is 1.74. The van der Waals surface area contributed by atoms with Crippen molar-refractivity contribution in [2.45, 2.75) is 25.9 Å². The SMILES string of the molecule is Cc1cccc(NC(=O)c2ccc(NC[C@H]3CCCO3)c([N+](=O)[O-])c2)n1. The van der Waals surface area contributed by atoms with Crippen LogP contribution in [-0.2, 0) is 4.74 Å². The molecule has 1 saturated heterocycles. The Kier molecular flexibility index (Phi) is 5.43. The number of nitro groups is 1. The second kappa shape index (κ2) is 7.92. The van der Waals surface area contributed by atoms with Crippen molar-refractivity contribution in [3.8, 4) is 0 Å². The van der Waals surface area contributed by atoms with Crippen LogP contribution in [-0.4, -0.2) is 35.1 Å². The molecule has 0 aliphatic carbocycles. The van der Waals surface area contributed by atoms with Crippen molar-refractivity contribution < 1.29 is 14.5 Å². The van der Waals surface area contributed by atoms with E-state index in [1.165, 1.54) is 6.07 Å². The fraction of sp³-hybridized carbons (Fsp3) is 0.333. The third kappa shape index (κ3) is 4.34. The highest BCUT2D eigenvalue weighted by molar-refractivity contribution is 6.04. The Morgan fingerprint density at radius 3 is 2.92 bits per heavy atom. The lowest BCUT2D eigenvalue weighted by Crippen LogP contribution is -2.19. The summed E-state index contributed by atoms with van der Waals surface area (Å²) < 4.78 is 5.51. The quantitative estimate of drug-likeness (QED) is 0.608. The maximum Gasteiger partial charge on any atom is 0.293 e. The van der Waals surface area contributed by atoms with Gasteiger partial charge in [0, 0.05) is 30.5 Å². The van der Waals surface area contributed by atoms with Gasteiger partial charge in [0.1, 0.15) is 11.5 Å². The van der Waals surface area contributed by atoms with Gasteiger partial charge in [-0.05, 0) is 44.0 Å². The lowest BCUT2D eigenvalue weighted by atomic mass is 10.1. The maximum absolute atomic E-state index is 12.4. The molecule has 26 heavy (non-hydrogen) atoms. The van der Waals surface area contributed by atoms with Gasteiger partial charge in [-0.1, -0.05) is 6.07 Å². The average Bonchev–Trinajstić information content (AvgIpc) is 3.13. The number of nitro benzene ring substituents is 1. The molecule has 1 amide bonds. The van der Waals surface area contributed by atoms with E-state index in [2.05, 4.69) is 15.6 Å². The Morgan fingerprint density at radius 1 is 1.38 bits per heavy atom. The number of aryl methyl sites for hydroxylation is 1. The summed E-state index contributed by atoms with van der Waals surface area (Å²) in [5, 5.41) is 17.1. The Morgan fingerprint density at radius 2 is 2.23 bits per heavy atom. The van der Waals surface area contributed by atoms with Gasteiger partial charge >= 0.3 is 0 Å². The summed E-state index contributed by atoms with van der Waals surface area (Å²) in [6.07, 6.45) is 2.00. The first-order valence-electron chi connectivity index (χ1n) is 8.42. The molecule has 3 rings (SSSR count). The van der Waals surface area contributed by atoms with Gasteiger partial charge in [-0.3, -0.25) is 14.9 Å². The summed E-state index contributed by atoms with van der Waals surface area (Å²) in [6.45, 7) is 3.04. The third-order valence-corrected chi connectivity index (χ3v) is 4.13. The number of hydrogen-bond donors (Lipinski definition) is 2. The zero-order chi connectivity index (χ0) is 18.5. The minimum Gasteiger partial charge on any atom is -0.377 e. The summed E-state index contributed by atoms with van der Waals surface area (Å²) in [4.78, 5) is 27.4. The molecule has 0 saturated carbocycles. The highest BCUT2D eigenvalue weighted by atomic mass is 16.6. The first kappa shape index (κ1) is 17.8. The molecule has 0 bridgehead atoms. The van der Waals surface area contributed by atoms with Crippen molar-refractivity contribution in [1.82, 2.24) is 4.98 Å². The molecule has 2 aromatic rings. The van der Waals surface area contributed by atoms with Crippen molar-refractivity contribution in [3.63, 3.8) is 0 Å². The van der Waals surface area contributed by atoms with Gasteiger partial charge in [0.2, 0.25) is 0 Å². The van der Waals surface area contributed by atoms with Gasteiger partial charge in [0.15, 0.2) is 0 Å². The number of pyridine rings is 1. The molecule has 0 unspecified atom stereocenters. The van der Waals surface area contributed by atoms with Crippen molar-refractivity contribution in [2.75, 3.05) is 23.8 Å². The zero-order valence-electron chi connectivity index (χ0n) is 14.4. The Labute approximate surface area is 150 Å². The molecule has 8 heteroatoms. The van der Waals surface area contributed by atoms with E-state index in [1.807, 2.05) is 13.0 Å². The third-order valence-electron chi connectivity index (χ3n) is 4.13. The van der Waals surface area contributed by atoms with Crippen molar-refractivity contribution in [1.29, 1.82) is 0 Å². The Hall–Kier alpha value is -3.00. The number of nitrogens with one attached hydrogen (secondary N) is 2. The molecule has 136 valence electrons. The molecule has 1 aromatic carbocycles. The van der Waals surface area contributed by atoms with E-state index in [0.29, 0.717) is 18.1 Å². The monoisotopic (exact) mass is 356 g/mol. The van der Waals surface area contributed by atoms with E-state index in [4.69, 9.17) is 4.74 Å². The van der Waals surface area contributed by atoms with Gasteiger partial charge in [-0.2, -0.15) is 0 Å². The Bertz CT molecular complexity index is 819. The van der Waals surface area contributed by atoms with Crippen LogP contribution < -0.4 is 10.6 Å². The minimum atomic E-state index is -0.500. The number of rotatable bonds is 6. The summed E-state index contributed by atoms with van der Waals surface area (Å²) in [6, 6.07) is 9.62.